The highest BCUT2D eigenvalue weighted by molar-refractivity contribution is 5.95. The molecule has 1 atom stereocenters. The first kappa shape index (κ1) is 18.8. The van der Waals surface area contributed by atoms with Crippen molar-refractivity contribution in [2.45, 2.75) is 39.2 Å². The summed E-state index contributed by atoms with van der Waals surface area (Å²) in [6, 6.07) is 6.82. The van der Waals surface area contributed by atoms with E-state index in [9.17, 15) is 14.4 Å². The fraction of sp³-hybridized carbons (Fsp3) is 0.500. The summed E-state index contributed by atoms with van der Waals surface area (Å²) in [6.07, 6.45) is 3.27. The van der Waals surface area contributed by atoms with Gasteiger partial charge < -0.3 is 20.9 Å². The molecule has 1 heterocycles. The smallest absolute Gasteiger partial charge is 0.319 e. The second-order valence-electron chi connectivity index (χ2n) is 6.28. The molecule has 2 rings (SSSR count). The maximum atomic E-state index is 12.6. The van der Waals surface area contributed by atoms with Crippen molar-refractivity contribution in [3.8, 4) is 0 Å². The molecule has 0 radical (unpaired) electrons. The van der Waals surface area contributed by atoms with Crippen LogP contribution in [0, 0.1) is 0 Å². The van der Waals surface area contributed by atoms with Crippen molar-refractivity contribution in [3.63, 3.8) is 0 Å². The molecule has 25 heavy (non-hydrogen) atoms. The molecule has 1 saturated heterocycles. The number of piperidine rings is 1. The minimum absolute atomic E-state index is 0.0403. The van der Waals surface area contributed by atoms with E-state index in [-0.39, 0.29) is 23.9 Å². The number of carbonyl (C=O) groups is 3. The number of nitrogens with one attached hydrogen (secondary N) is 3. The summed E-state index contributed by atoms with van der Waals surface area (Å²) in [7, 11) is 0. The summed E-state index contributed by atoms with van der Waals surface area (Å²) < 4.78 is 0. The zero-order valence-corrected chi connectivity index (χ0v) is 14.8. The molecule has 1 aromatic carbocycles. The average molecular weight is 346 g/mol. The molecule has 1 aliphatic heterocycles. The number of hydrogen-bond acceptors (Lipinski definition) is 3. The van der Waals surface area contributed by atoms with Gasteiger partial charge in [-0.2, -0.15) is 0 Å². The fourth-order valence-electron chi connectivity index (χ4n) is 2.85. The van der Waals surface area contributed by atoms with Crippen LogP contribution >= 0.6 is 0 Å². The highest BCUT2D eigenvalue weighted by Crippen LogP contribution is 2.20. The molecule has 136 valence electrons. The number of anilines is 1. The first-order valence-electron chi connectivity index (χ1n) is 8.67. The second-order valence-corrected chi connectivity index (χ2v) is 6.28. The monoisotopic (exact) mass is 346 g/mol. The van der Waals surface area contributed by atoms with Crippen LogP contribution in [0.1, 0.15) is 43.5 Å². The molecular formula is C18H26N4O3. The van der Waals surface area contributed by atoms with Gasteiger partial charge in [-0.25, -0.2) is 4.79 Å². The Morgan fingerprint density at radius 3 is 2.40 bits per heavy atom. The molecule has 0 aromatic heterocycles. The van der Waals surface area contributed by atoms with Crippen molar-refractivity contribution in [3.05, 3.63) is 29.8 Å². The van der Waals surface area contributed by atoms with Crippen LogP contribution in [0.3, 0.4) is 0 Å². The van der Waals surface area contributed by atoms with Crippen molar-refractivity contribution < 1.29 is 14.4 Å². The van der Waals surface area contributed by atoms with Crippen LogP contribution < -0.4 is 16.0 Å². The Morgan fingerprint density at radius 2 is 1.76 bits per heavy atom. The number of hydrogen-bond donors (Lipinski definition) is 3. The standard InChI is InChI=1S/C18H26N4O3/c1-13-5-3-4-12-22(13)17(24)15-6-8-16(9-7-15)21-18(25)20-11-10-19-14(2)23/h6-9,13H,3-5,10-12H2,1-2H3,(H,19,23)(H2,20,21,25)/t13-/m1/s1. The Labute approximate surface area is 148 Å². The minimum atomic E-state index is -0.353. The SMILES string of the molecule is CC(=O)NCCNC(=O)Nc1ccc(C(=O)N2CCCC[C@H]2C)cc1. The van der Waals surface area contributed by atoms with Gasteiger partial charge in [0.2, 0.25) is 5.91 Å². The molecule has 4 amide bonds. The number of nitrogens with zero attached hydrogens (tertiary/aromatic N) is 1. The second kappa shape index (κ2) is 9.05. The highest BCUT2D eigenvalue weighted by atomic mass is 16.2. The quantitative estimate of drug-likeness (QED) is 0.712. The third kappa shape index (κ3) is 5.77. The van der Waals surface area contributed by atoms with Crippen LogP contribution in [0.25, 0.3) is 0 Å². The molecule has 1 aromatic rings. The van der Waals surface area contributed by atoms with Gasteiger partial charge >= 0.3 is 6.03 Å². The number of likely N-dealkylation sites (tertiary alicyclic amines) is 1. The summed E-state index contributed by atoms with van der Waals surface area (Å²) in [4.78, 5) is 37.0. The van der Waals surface area contributed by atoms with Gasteiger partial charge in [0.25, 0.3) is 5.91 Å². The van der Waals surface area contributed by atoms with Gasteiger partial charge in [-0.15, -0.1) is 0 Å². The molecule has 0 spiro atoms. The molecule has 0 saturated carbocycles. The van der Waals surface area contributed by atoms with Gasteiger partial charge in [0.1, 0.15) is 0 Å². The van der Waals surface area contributed by atoms with E-state index < -0.39 is 0 Å². The molecular weight excluding hydrogens is 320 g/mol. The molecule has 0 bridgehead atoms. The summed E-state index contributed by atoms with van der Waals surface area (Å²) >= 11 is 0. The summed E-state index contributed by atoms with van der Waals surface area (Å²) in [5.41, 5.74) is 1.24. The molecule has 7 nitrogen and oxygen atoms in total. The number of rotatable bonds is 5. The number of benzene rings is 1. The first-order valence-corrected chi connectivity index (χ1v) is 8.67. The van der Waals surface area contributed by atoms with E-state index in [1.54, 1.807) is 24.3 Å². The van der Waals surface area contributed by atoms with Gasteiger partial charge in [-0.3, -0.25) is 9.59 Å². The van der Waals surface area contributed by atoms with Gasteiger partial charge in [0.15, 0.2) is 0 Å². The van der Waals surface area contributed by atoms with Crippen LogP contribution in [0.2, 0.25) is 0 Å². The number of amides is 4. The third-order valence-electron chi connectivity index (χ3n) is 4.24. The largest absolute Gasteiger partial charge is 0.355 e. The van der Waals surface area contributed by atoms with E-state index in [4.69, 9.17) is 0 Å². The Morgan fingerprint density at radius 1 is 1.08 bits per heavy atom. The van der Waals surface area contributed by atoms with E-state index in [0.717, 1.165) is 19.4 Å². The molecule has 3 N–H and O–H groups in total. The van der Waals surface area contributed by atoms with Crippen LogP contribution in [-0.4, -0.2) is 48.4 Å². The Hall–Kier alpha value is -2.57. The topological polar surface area (TPSA) is 90.5 Å². The molecule has 0 aliphatic carbocycles. The molecule has 1 aliphatic rings. The lowest BCUT2D eigenvalue weighted by Crippen LogP contribution is -2.42. The van der Waals surface area contributed by atoms with Crippen LogP contribution in [0.5, 0.6) is 0 Å². The number of urea groups is 1. The molecule has 7 heteroatoms. The predicted octanol–water partition coefficient (Wildman–Crippen LogP) is 1.96. The molecule has 0 unspecified atom stereocenters. The Bertz CT molecular complexity index is 615. The fourth-order valence-corrected chi connectivity index (χ4v) is 2.85. The predicted molar refractivity (Wildman–Crippen MR) is 96.5 cm³/mol. The van der Waals surface area contributed by atoms with E-state index in [1.165, 1.54) is 13.3 Å². The van der Waals surface area contributed by atoms with E-state index in [2.05, 4.69) is 22.9 Å². The maximum Gasteiger partial charge on any atom is 0.319 e. The van der Waals surface area contributed by atoms with Crippen LogP contribution in [0.15, 0.2) is 24.3 Å². The van der Waals surface area contributed by atoms with Crippen molar-refractivity contribution in [1.29, 1.82) is 0 Å². The summed E-state index contributed by atoms with van der Waals surface area (Å²) in [5, 5.41) is 7.93. The summed E-state index contributed by atoms with van der Waals surface area (Å²) in [6.45, 7) is 5.03. The van der Waals surface area contributed by atoms with Crippen molar-refractivity contribution >= 4 is 23.5 Å². The lowest BCUT2D eigenvalue weighted by Gasteiger charge is -2.33. The zero-order chi connectivity index (χ0) is 18.2. The van der Waals surface area contributed by atoms with Crippen molar-refractivity contribution in [2.24, 2.45) is 0 Å². The van der Waals surface area contributed by atoms with E-state index >= 15 is 0 Å². The normalized spacial score (nSPS) is 16.9. The molecule has 1 fully saturated rings. The minimum Gasteiger partial charge on any atom is -0.355 e. The Kier molecular flexibility index (Phi) is 6.80. The number of carbonyl (C=O) groups excluding carboxylic acids is 3. The Balaban J connectivity index is 1.83. The van der Waals surface area contributed by atoms with Crippen LogP contribution in [-0.2, 0) is 4.79 Å². The average Bonchev–Trinajstić information content (AvgIpc) is 2.59. The van der Waals surface area contributed by atoms with Crippen molar-refractivity contribution in [2.75, 3.05) is 25.0 Å². The third-order valence-corrected chi connectivity index (χ3v) is 4.24. The maximum absolute atomic E-state index is 12.6. The van der Waals surface area contributed by atoms with Gasteiger partial charge in [0.05, 0.1) is 0 Å². The highest BCUT2D eigenvalue weighted by Gasteiger charge is 2.24. The zero-order valence-electron chi connectivity index (χ0n) is 14.8. The van der Waals surface area contributed by atoms with E-state index in [0.29, 0.717) is 24.3 Å². The van der Waals surface area contributed by atoms with E-state index in [1.807, 2.05) is 4.90 Å². The van der Waals surface area contributed by atoms with Gasteiger partial charge in [0, 0.05) is 43.9 Å². The summed E-state index contributed by atoms with van der Waals surface area (Å²) in [5.74, 6) is -0.0935. The lowest BCUT2D eigenvalue weighted by molar-refractivity contribution is -0.118. The lowest BCUT2D eigenvalue weighted by atomic mass is 10.0. The van der Waals surface area contributed by atoms with Crippen LogP contribution in [0.4, 0.5) is 10.5 Å². The first-order chi connectivity index (χ1) is 12.0. The van der Waals surface area contributed by atoms with Crippen molar-refractivity contribution in [1.82, 2.24) is 15.5 Å². The van der Waals surface area contributed by atoms with Gasteiger partial charge in [-0.05, 0) is 50.5 Å². The van der Waals surface area contributed by atoms with Gasteiger partial charge in [-0.1, -0.05) is 0 Å².